The second-order valence-corrected chi connectivity index (χ2v) is 8.49. The average molecular weight is 490 g/mol. The summed E-state index contributed by atoms with van der Waals surface area (Å²) in [5, 5.41) is 13.7. The summed E-state index contributed by atoms with van der Waals surface area (Å²) >= 11 is 0. The van der Waals surface area contributed by atoms with Crippen LogP contribution in [0.25, 0.3) is 11.2 Å². The maximum atomic E-state index is 10.3. The fraction of sp³-hybridized carbons (Fsp3) is 0.560. The largest absolute Gasteiger partial charge is 0.508 e. The maximum Gasteiger partial charge on any atom is 0.165 e. The minimum Gasteiger partial charge on any atom is -0.508 e. The number of nitrogens with one attached hydrogen (secondary N) is 1. The normalized spacial score (nSPS) is 12.3. The molecule has 0 aliphatic heterocycles. The molecule has 1 aromatic carbocycles. The number of halogens is 1. The summed E-state index contributed by atoms with van der Waals surface area (Å²) in [4.78, 5) is 18.3. The third-order valence-corrected chi connectivity index (χ3v) is 6.45. The van der Waals surface area contributed by atoms with Crippen LogP contribution in [0.5, 0.6) is 5.75 Å². The van der Waals surface area contributed by atoms with Gasteiger partial charge in [-0.15, -0.1) is 12.4 Å². The van der Waals surface area contributed by atoms with Crippen LogP contribution in [0.3, 0.4) is 0 Å². The van der Waals surface area contributed by atoms with E-state index in [2.05, 4.69) is 69.3 Å². The highest BCUT2D eigenvalue weighted by Gasteiger charge is 2.15. The number of hydrogen-bond acceptors (Lipinski definition) is 7. The van der Waals surface area contributed by atoms with Crippen molar-refractivity contribution < 1.29 is 5.11 Å². The number of aromatic hydroxyl groups is 1. The molecule has 2 aromatic heterocycles. The Morgan fingerprint density at radius 1 is 1.00 bits per heavy atom. The highest BCUT2D eigenvalue weighted by atomic mass is 35.5. The van der Waals surface area contributed by atoms with Gasteiger partial charge in [-0.25, -0.2) is 15.0 Å². The van der Waals surface area contributed by atoms with Gasteiger partial charge in [0.25, 0.3) is 0 Å². The number of imidazole rings is 1. The Morgan fingerprint density at radius 3 is 2.38 bits per heavy atom. The lowest BCUT2D eigenvalue weighted by Crippen LogP contribution is -2.24. The standard InChI is InChI=1S/C25H39N7O.ClH/c1-6-30(7-2)14-10-11-19(5)32-18-28-23-24(26-17-27-25(23)32)29-21-12-13-22(33)20(15-21)16-31(8-3)9-4;/h12-13,15,17-19,33H,6-11,14,16H2,1-5H3,(H,26,27,29);1H. The number of aromatic nitrogens is 4. The van der Waals surface area contributed by atoms with Gasteiger partial charge in [-0.1, -0.05) is 27.7 Å². The summed E-state index contributed by atoms with van der Waals surface area (Å²) in [5.74, 6) is 0.983. The van der Waals surface area contributed by atoms with Crippen LogP contribution in [-0.4, -0.2) is 67.1 Å². The minimum atomic E-state index is 0. The third kappa shape index (κ3) is 6.81. The molecule has 34 heavy (non-hydrogen) atoms. The van der Waals surface area contributed by atoms with Crippen molar-refractivity contribution in [2.45, 2.75) is 60.0 Å². The van der Waals surface area contributed by atoms with E-state index in [1.54, 1.807) is 12.4 Å². The van der Waals surface area contributed by atoms with Crippen LogP contribution in [0.4, 0.5) is 11.5 Å². The molecule has 188 valence electrons. The molecule has 3 aromatic rings. The van der Waals surface area contributed by atoms with E-state index >= 15 is 0 Å². The first-order valence-corrected chi connectivity index (χ1v) is 12.2. The Morgan fingerprint density at radius 2 is 1.71 bits per heavy atom. The summed E-state index contributed by atoms with van der Waals surface area (Å²) in [6, 6.07) is 5.88. The first-order valence-electron chi connectivity index (χ1n) is 12.2. The number of rotatable bonds is 13. The van der Waals surface area contributed by atoms with Crippen LogP contribution in [0.15, 0.2) is 30.9 Å². The highest BCUT2D eigenvalue weighted by molar-refractivity contribution is 5.85. The minimum absolute atomic E-state index is 0. The Bertz CT molecular complexity index is 1020. The smallest absolute Gasteiger partial charge is 0.165 e. The lowest BCUT2D eigenvalue weighted by atomic mass is 10.1. The van der Waals surface area contributed by atoms with E-state index in [0.29, 0.717) is 24.2 Å². The van der Waals surface area contributed by atoms with Gasteiger partial charge in [-0.3, -0.25) is 4.90 Å². The van der Waals surface area contributed by atoms with Crippen LogP contribution in [0.1, 0.15) is 59.1 Å². The topological polar surface area (TPSA) is 82.3 Å². The Labute approximate surface area is 209 Å². The molecular weight excluding hydrogens is 450 g/mol. The Balaban J connectivity index is 0.00000408. The van der Waals surface area contributed by atoms with Crippen LogP contribution >= 0.6 is 12.4 Å². The molecule has 3 rings (SSSR count). The van der Waals surface area contributed by atoms with Crippen LogP contribution < -0.4 is 5.32 Å². The average Bonchev–Trinajstić information content (AvgIpc) is 3.27. The molecule has 2 N–H and O–H groups in total. The van der Waals surface area contributed by atoms with Crippen LogP contribution in [0, 0.1) is 0 Å². The molecular formula is C25H40ClN7O. The monoisotopic (exact) mass is 489 g/mol. The molecule has 0 saturated heterocycles. The van der Waals surface area contributed by atoms with E-state index in [4.69, 9.17) is 0 Å². The summed E-state index contributed by atoms with van der Waals surface area (Å²) in [6.45, 7) is 16.8. The summed E-state index contributed by atoms with van der Waals surface area (Å²) in [7, 11) is 0. The van der Waals surface area contributed by atoms with Gasteiger partial charge in [0.2, 0.25) is 0 Å². The van der Waals surface area contributed by atoms with E-state index in [0.717, 1.165) is 68.0 Å². The van der Waals surface area contributed by atoms with Gasteiger partial charge in [0, 0.05) is 23.8 Å². The number of phenols is 1. The zero-order chi connectivity index (χ0) is 23.8. The number of benzene rings is 1. The molecule has 0 amide bonds. The van der Waals surface area contributed by atoms with Crippen LogP contribution in [-0.2, 0) is 6.54 Å². The number of phenolic OH excluding ortho intramolecular Hbond substituents is 1. The lowest BCUT2D eigenvalue weighted by molar-refractivity contribution is 0.288. The molecule has 0 fully saturated rings. The molecule has 8 nitrogen and oxygen atoms in total. The molecule has 0 aliphatic carbocycles. The maximum absolute atomic E-state index is 10.3. The predicted octanol–water partition coefficient (Wildman–Crippen LogP) is 5.22. The fourth-order valence-corrected chi connectivity index (χ4v) is 4.17. The quantitative estimate of drug-likeness (QED) is 0.318. The number of nitrogens with zero attached hydrogens (tertiary/aromatic N) is 6. The first kappa shape index (κ1) is 27.8. The predicted molar refractivity (Wildman–Crippen MR) is 142 cm³/mol. The zero-order valence-electron chi connectivity index (χ0n) is 21.2. The van der Waals surface area contributed by atoms with Crippen molar-refractivity contribution in [1.29, 1.82) is 0 Å². The molecule has 0 spiro atoms. The van der Waals surface area contributed by atoms with Crippen molar-refractivity contribution in [2.24, 2.45) is 0 Å². The number of fused-ring (bicyclic) bond motifs is 1. The molecule has 0 radical (unpaired) electrons. The van der Waals surface area contributed by atoms with Gasteiger partial charge in [0.05, 0.1) is 6.33 Å². The molecule has 1 atom stereocenters. The van der Waals surface area contributed by atoms with E-state index < -0.39 is 0 Å². The van der Waals surface area contributed by atoms with Gasteiger partial charge >= 0.3 is 0 Å². The van der Waals surface area contributed by atoms with Crippen molar-refractivity contribution >= 4 is 35.1 Å². The SMILES string of the molecule is CCN(CC)CCCC(C)n1cnc2c(Nc3ccc(O)c(CN(CC)CC)c3)ncnc21.Cl. The zero-order valence-corrected chi connectivity index (χ0v) is 22.0. The van der Waals surface area contributed by atoms with E-state index in [9.17, 15) is 5.11 Å². The van der Waals surface area contributed by atoms with Gasteiger partial charge in [0.15, 0.2) is 17.0 Å². The summed E-state index contributed by atoms with van der Waals surface area (Å²) < 4.78 is 2.15. The molecule has 2 heterocycles. The molecule has 0 aliphatic rings. The van der Waals surface area contributed by atoms with E-state index in [1.807, 2.05) is 18.5 Å². The molecule has 1 unspecified atom stereocenters. The lowest BCUT2D eigenvalue weighted by Gasteiger charge is -2.20. The van der Waals surface area contributed by atoms with Crippen molar-refractivity contribution in [3.05, 3.63) is 36.4 Å². The van der Waals surface area contributed by atoms with E-state index in [-0.39, 0.29) is 12.4 Å². The first-order chi connectivity index (χ1) is 16.0. The second-order valence-electron chi connectivity index (χ2n) is 8.49. The molecule has 0 bridgehead atoms. The van der Waals surface area contributed by atoms with Crippen molar-refractivity contribution in [1.82, 2.24) is 29.3 Å². The fourth-order valence-electron chi connectivity index (χ4n) is 4.17. The van der Waals surface area contributed by atoms with Crippen LogP contribution in [0.2, 0.25) is 0 Å². The summed E-state index contributed by atoms with van der Waals surface area (Å²) in [5.41, 5.74) is 3.36. The van der Waals surface area contributed by atoms with Gasteiger partial charge in [-0.05, 0) is 70.7 Å². The van der Waals surface area contributed by atoms with E-state index in [1.165, 1.54) is 0 Å². The Hall–Kier alpha value is -2.42. The number of hydrogen-bond donors (Lipinski definition) is 2. The van der Waals surface area contributed by atoms with Crippen molar-refractivity contribution in [3.63, 3.8) is 0 Å². The van der Waals surface area contributed by atoms with Crippen molar-refractivity contribution in [3.8, 4) is 5.75 Å². The molecule has 0 saturated carbocycles. The Kier molecular flexibility index (Phi) is 11.0. The highest BCUT2D eigenvalue weighted by Crippen LogP contribution is 2.28. The third-order valence-electron chi connectivity index (χ3n) is 6.45. The summed E-state index contributed by atoms with van der Waals surface area (Å²) in [6.07, 6.45) is 5.67. The second kappa shape index (κ2) is 13.5. The van der Waals surface area contributed by atoms with Gasteiger partial charge < -0.3 is 19.9 Å². The number of anilines is 2. The van der Waals surface area contributed by atoms with Gasteiger partial charge in [0.1, 0.15) is 12.1 Å². The molecule has 9 heteroatoms. The van der Waals surface area contributed by atoms with Gasteiger partial charge in [-0.2, -0.15) is 0 Å². The van der Waals surface area contributed by atoms with Crippen molar-refractivity contribution in [2.75, 3.05) is 38.0 Å².